The van der Waals surface area contributed by atoms with Crippen LogP contribution in [0.4, 0.5) is 0 Å². The summed E-state index contributed by atoms with van der Waals surface area (Å²) in [6, 6.07) is 7.37. The predicted octanol–water partition coefficient (Wildman–Crippen LogP) is 2.06. The maximum Gasteiger partial charge on any atom is 0.291 e. The van der Waals surface area contributed by atoms with Gasteiger partial charge in [0.2, 0.25) is 0 Å². The third kappa shape index (κ3) is 4.29. The van der Waals surface area contributed by atoms with Crippen molar-refractivity contribution >= 4 is 55.5 Å². The highest BCUT2D eigenvalue weighted by Crippen LogP contribution is 2.37. The molecular weight excluding hydrogens is 492 g/mol. The van der Waals surface area contributed by atoms with Crippen molar-refractivity contribution in [3.8, 4) is 5.75 Å². The molecule has 1 saturated heterocycles. The minimum Gasteiger partial charge on any atom is -0.550 e. The number of halogens is 1. The van der Waals surface area contributed by atoms with Crippen LogP contribution in [-0.2, 0) is 9.53 Å². The highest BCUT2D eigenvalue weighted by Gasteiger charge is 2.46. The quantitative estimate of drug-likeness (QED) is 0.285. The first-order valence-corrected chi connectivity index (χ1v) is 10.4. The molecule has 2 aromatic heterocycles. The number of H-pyrrole nitrogens is 1. The minimum atomic E-state index is -1.08. The number of aromatic amines is 1. The number of rotatable bonds is 1. The number of ether oxygens (including phenoxy) is 1. The molecule has 1 fully saturated rings. The van der Waals surface area contributed by atoms with Crippen molar-refractivity contribution in [1.29, 1.82) is 0 Å². The monoisotopic (exact) mass is 518 g/mol. The van der Waals surface area contributed by atoms with Crippen LogP contribution in [0.5, 0.6) is 5.75 Å². The molecule has 1 aliphatic heterocycles. The molecule has 5 rings (SSSR count). The van der Waals surface area contributed by atoms with E-state index >= 15 is 0 Å². The van der Waals surface area contributed by atoms with Crippen molar-refractivity contribution in [2.75, 3.05) is 0 Å². The van der Waals surface area contributed by atoms with Crippen molar-refractivity contribution in [1.82, 2.24) is 4.98 Å². The third-order valence-electron chi connectivity index (χ3n) is 6.09. The summed E-state index contributed by atoms with van der Waals surface area (Å²) in [6.45, 7) is 6.87. The second-order valence-corrected chi connectivity index (χ2v) is 8.28. The molecule has 1 unspecified atom stereocenters. The summed E-state index contributed by atoms with van der Waals surface area (Å²) < 4.78 is 7.60. The number of benzene rings is 2. The van der Waals surface area contributed by atoms with Gasteiger partial charge in [-0.15, -0.1) is 17.0 Å². The molecule has 0 radical (unpaired) electrons. The normalized spacial score (nSPS) is 22.2. The Kier molecular flexibility index (Phi) is 6.99. The Hall–Kier alpha value is -2.72. The first-order valence-electron chi connectivity index (χ1n) is 10.4. The van der Waals surface area contributed by atoms with Crippen molar-refractivity contribution in [2.24, 2.45) is 0 Å². The second kappa shape index (κ2) is 9.26. The number of carbonyl (C=O) groups excluding carboxylic acids is 1. The summed E-state index contributed by atoms with van der Waals surface area (Å²) in [6.07, 6.45) is 0.912. The highest BCUT2D eigenvalue weighted by molar-refractivity contribution is 8.93. The number of aliphatic hydroxyl groups excluding tert-OH is 2. The van der Waals surface area contributed by atoms with Crippen molar-refractivity contribution in [3.63, 3.8) is 0 Å². The second-order valence-electron chi connectivity index (χ2n) is 8.28. The number of nitrogens with one attached hydrogen (secondary N) is 1. The fourth-order valence-electron chi connectivity index (χ4n) is 4.49. The van der Waals surface area contributed by atoms with Gasteiger partial charge in [-0.25, -0.2) is 0 Å². The van der Waals surface area contributed by atoms with Crippen molar-refractivity contribution in [3.05, 3.63) is 47.8 Å². The van der Waals surface area contributed by atoms with Crippen LogP contribution < -0.4 is 9.67 Å². The zero-order chi connectivity index (χ0) is 23.3. The zero-order valence-corrected chi connectivity index (χ0v) is 20.4. The van der Waals surface area contributed by atoms with Crippen LogP contribution in [0.3, 0.4) is 0 Å². The number of carboxylic acids is 1. The van der Waals surface area contributed by atoms with E-state index in [1.165, 1.54) is 0 Å². The number of pyridine rings is 1. The lowest BCUT2D eigenvalue weighted by molar-refractivity contribution is -0.764. The molecule has 4 aromatic rings. The maximum atomic E-state index is 10.4. The number of hydrogen-bond donors (Lipinski definition) is 4. The summed E-state index contributed by atoms with van der Waals surface area (Å²) in [4.78, 5) is 12.4. The van der Waals surface area contributed by atoms with E-state index in [-0.39, 0.29) is 22.7 Å². The van der Waals surface area contributed by atoms with Gasteiger partial charge in [-0.3, -0.25) is 0 Å². The van der Waals surface area contributed by atoms with Gasteiger partial charge >= 0.3 is 0 Å². The molecule has 9 heteroatoms. The van der Waals surface area contributed by atoms with Crippen LogP contribution in [0.15, 0.2) is 36.7 Å². The molecule has 176 valence electrons. The van der Waals surface area contributed by atoms with Crippen molar-refractivity contribution in [2.45, 2.75) is 52.2 Å². The maximum absolute atomic E-state index is 10.4. The van der Waals surface area contributed by atoms with E-state index in [1.54, 1.807) is 19.1 Å². The number of aliphatic hydroxyl groups is 2. The number of fused-ring (bicyclic) bond motifs is 4. The van der Waals surface area contributed by atoms with Gasteiger partial charge in [0.15, 0.2) is 18.5 Å². The fraction of sp³-hybridized carbons (Fsp3) is 0.333. The molecule has 1 aliphatic rings. The number of nitrogens with zero attached hydrogens (tertiary/aromatic N) is 1. The van der Waals surface area contributed by atoms with Crippen molar-refractivity contribution < 1.29 is 34.5 Å². The van der Waals surface area contributed by atoms with Gasteiger partial charge in [-0.2, -0.15) is 4.57 Å². The summed E-state index contributed by atoms with van der Waals surface area (Å²) in [5, 5.41) is 43.5. The third-order valence-corrected chi connectivity index (χ3v) is 6.09. The van der Waals surface area contributed by atoms with Gasteiger partial charge < -0.3 is 34.9 Å². The number of hydrogen-bond acceptors (Lipinski definition) is 6. The van der Waals surface area contributed by atoms with Crippen LogP contribution in [0, 0.1) is 13.8 Å². The number of aliphatic carboxylic acids is 1. The Bertz CT molecular complexity index is 1350. The number of phenolic OH excluding ortho intramolecular Hbond substituents is 1. The lowest BCUT2D eigenvalue weighted by Gasteiger charge is -2.12. The summed E-state index contributed by atoms with van der Waals surface area (Å²) in [7, 11) is 0. The van der Waals surface area contributed by atoms with Crippen LogP contribution in [-0.4, -0.2) is 44.6 Å². The van der Waals surface area contributed by atoms with Crippen LogP contribution in [0.1, 0.15) is 31.2 Å². The standard InChI is InChI=1S/C22H22N2O4.C2H4O2.BrH/c1-10-16-9-24(22-21(27)20(26)12(3)28-22)7-6-14(16)11(2)19-18(10)15-8-13(25)4-5-17(15)23-19;1-2(3)4;/h4-9,12,20-22,25-27H,1-3H3;1H3,(H,3,4);1H/t12-,20-,21+,22?;;/m1../s1. The van der Waals surface area contributed by atoms with E-state index in [2.05, 4.69) is 18.8 Å². The largest absolute Gasteiger partial charge is 0.550 e. The average Bonchev–Trinajstić information content (AvgIpc) is 3.24. The van der Waals surface area contributed by atoms with Gasteiger partial charge in [0, 0.05) is 33.7 Å². The number of carbonyl (C=O) groups is 1. The van der Waals surface area contributed by atoms with Crippen LogP contribution >= 0.6 is 17.0 Å². The summed E-state index contributed by atoms with van der Waals surface area (Å²) in [5.41, 5.74) is 4.25. The summed E-state index contributed by atoms with van der Waals surface area (Å²) in [5.74, 6) is -0.848. The van der Waals surface area contributed by atoms with E-state index in [9.17, 15) is 15.3 Å². The first kappa shape index (κ1) is 24.9. The molecule has 33 heavy (non-hydrogen) atoms. The highest BCUT2D eigenvalue weighted by atomic mass is 79.9. The van der Waals surface area contributed by atoms with Crippen LogP contribution in [0.2, 0.25) is 0 Å². The lowest BCUT2D eigenvalue weighted by Crippen LogP contribution is -2.45. The van der Waals surface area contributed by atoms with E-state index in [0.29, 0.717) is 0 Å². The van der Waals surface area contributed by atoms with Gasteiger partial charge in [0.05, 0.1) is 11.6 Å². The molecule has 3 heterocycles. The molecule has 4 N–H and O–H groups in total. The zero-order valence-electron chi connectivity index (χ0n) is 18.7. The Balaban J connectivity index is 0.000000569. The van der Waals surface area contributed by atoms with Gasteiger partial charge in [-0.1, -0.05) is 0 Å². The molecule has 4 atom stereocenters. The molecule has 0 spiro atoms. The topological polar surface area (TPSA) is 130 Å². The number of carboxylic acid groups (broad SMARTS) is 1. The molecular formula is C24H27BrN2O6. The predicted molar refractivity (Wildman–Crippen MR) is 127 cm³/mol. The minimum absolute atomic E-state index is 0. The Morgan fingerprint density at radius 2 is 1.76 bits per heavy atom. The van der Waals surface area contributed by atoms with Gasteiger partial charge in [0.1, 0.15) is 11.9 Å². The van der Waals surface area contributed by atoms with Crippen LogP contribution in [0.25, 0.3) is 32.6 Å². The molecule has 0 saturated carbocycles. The Morgan fingerprint density at radius 3 is 2.36 bits per heavy atom. The molecule has 0 aliphatic carbocycles. The smallest absolute Gasteiger partial charge is 0.291 e. The Morgan fingerprint density at radius 1 is 1.09 bits per heavy atom. The Labute approximate surface area is 200 Å². The number of phenols is 1. The van der Waals surface area contributed by atoms with E-state index in [1.807, 2.05) is 29.1 Å². The summed E-state index contributed by atoms with van der Waals surface area (Å²) >= 11 is 0. The van der Waals surface area contributed by atoms with Gasteiger partial charge in [0.25, 0.3) is 6.23 Å². The number of aryl methyl sites for hydroxylation is 2. The molecule has 0 bridgehead atoms. The fourth-order valence-corrected chi connectivity index (χ4v) is 4.49. The molecule has 2 aromatic carbocycles. The SMILES string of the molecule is Br.CC(=O)[O-].Cc1c2cc[n+](C3O[C@H](C)[C@@H](O)[C@@H]3O)cc2c(C)c2c1[nH]c1ccc(O)cc12. The number of aromatic nitrogens is 2. The molecule has 0 amide bonds. The lowest BCUT2D eigenvalue weighted by atomic mass is 9.97. The average molecular weight is 519 g/mol. The van der Waals surface area contributed by atoms with E-state index < -0.39 is 30.5 Å². The number of aromatic hydroxyl groups is 1. The molecule has 8 nitrogen and oxygen atoms in total. The van der Waals surface area contributed by atoms with Gasteiger partial charge in [-0.05, 0) is 62.4 Å². The van der Waals surface area contributed by atoms with E-state index in [0.717, 1.165) is 50.6 Å². The first-order chi connectivity index (χ1) is 15.1. The van der Waals surface area contributed by atoms with E-state index in [4.69, 9.17) is 14.6 Å².